The fourth-order valence-electron chi connectivity index (χ4n) is 1.93. The van der Waals surface area contributed by atoms with Crippen LogP contribution < -0.4 is 4.90 Å². The molecule has 0 aromatic carbocycles. The summed E-state index contributed by atoms with van der Waals surface area (Å²) in [5, 5.41) is 0. The Morgan fingerprint density at radius 1 is 1.40 bits per heavy atom. The largest absolute Gasteiger partial charge is 0.356 e. The zero-order valence-corrected chi connectivity index (χ0v) is 8.99. The Morgan fingerprint density at radius 3 is 2.73 bits per heavy atom. The van der Waals surface area contributed by atoms with Crippen LogP contribution in [-0.2, 0) is 0 Å². The SMILES string of the molecule is Cc1cc(N2CCC(CF)CC2)ncn1. The molecule has 0 bridgehead atoms. The van der Waals surface area contributed by atoms with Gasteiger partial charge in [-0.3, -0.25) is 4.39 Å². The fourth-order valence-corrected chi connectivity index (χ4v) is 1.93. The predicted octanol–water partition coefficient (Wildman–Crippen LogP) is 1.97. The summed E-state index contributed by atoms with van der Waals surface area (Å²) in [6.07, 6.45) is 3.45. The molecule has 0 N–H and O–H groups in total. The lowest BCUT2D eigenvalue weighted by atomic mass is 9.98. The molecule has 1 fully saturated rings. The van der Waals surface area contributed by atoms with Crippen molar-refractivity contribution in [2.24, 2.45) is 5.92 Å². The van der Waals surface area contributed by atoms with E-state index in [4.69, 9.17) is 0 Å². The second kappa shape index (κ2) is 4.55. The highest BCUT2D eigenvalue weighted by molar-refractivity contribution is 5.38. The number of alkyl halides is 1. The van der Waals surface area contributed by atoms with Gasteiger partial charge >= 0.3 is 0 Å². The van der Waals surface area contributed by atoms with Crippen molar-refractivity contribution in [1.29, 1.82) is 0 Å². The van der Waals surface area contributed by atoms with Crippen LogP contribution in [0.25, 0.3) is 0 Å². The van der Waals surface area contributed by atoms with Crippen molar-refractivity contribution in [1.82, 2.24) is 9.97 Å². The highest BCUT2D eigenvalue weighted by atomic mass is 19.1. The minimum atomic E-state index is -0.184. The number of aryl methyl sites for hydroxylation is 1. The Morgan fingerprint density at radius 2 is 2.13 bits per heavy atom. The van der Waals surface area contributed by atoms with Gasteiger partial charge in [-0.2, -0.15) is 0 Å². The van der Waals surface area contributed by atoms with Gasteiger partial charge in [0, 0.05) is 24.8 Å². The lowest BCUT2D eigenvalue weighted by Gasteiger charge is -2.31. The molecule has 1 aromatic heterocycles. The molecule has 0 unspecified atom stereocenters. The van der Waals surface area contributed by atoms with Gasteiger partial charge in [0.1, 0.15) is 12.1 Å². The Bertz CT molecular complexity index is 321. The summed E-state index contributed by atoms with van der Waals surface area (Å²) in [6.45, 7) is 3.59. The fraction of sp³-hybridized carbons (Fsp3) is 0.636. The summed E-state index contributed by atoms with van der Waals surface area (Å²) in [5.41, 5.74) is 0.979. The number of piperidine rings is 1. The lowest BCUT2D eigenvalue weighted by Crippen LogP contribution is -2.34. The first-order valence-electron chi connectivity index (χ1n) is 5.39. The van der Waals surface area contributed by atoms with Gasteiger partial charge in [0.2, 0.25) is 0 Å². The van der Waals surface area contributed by atoms with Crippen molar-refractivity contribution in [3.8, 4) is 0 Å². The standard InChI is InChI=1S/C11H16FN3/c1-9-6-11(14-8-13-9)15-4-2-10(7-12)3-5-15/h6,8,10H,2-5,7H2,1H3. The maximum Gasteiger partial charge on any atom is 0.132 e. The smallest absolute Gasteiger partial charge is 0.132 e. The van der Waals surface area contributed by atoms with Gasteiger partial charge in [0.25, 0.3) is 0 Å². The van der Waals surface area contributed by atoms with Crippen LogP contribution in [0.4, 0.5) is 10.2 Å². The Kier molecular flexibility index (Phi) is 3.14. The van der Waals surface area contributed by atoms with Gasteiger partial charge in [-0.05, 0) is 25.7 Å². The zero-order chi connectivity index (χ0) is 10.7. The van der Waals surface area contributed by atoms with E-state index in [1.165, 1.54) is 0 Å². The van der Waals surface area contributed by atoms with Crippen LogP contribution in [0.3, 0.4) is 0 Å². The topological polar surface area (TPSA) is 29.0 Å². The van der Waals surface area contributed by atoms with Gasteiger partial charge < -0.3 is 4.90 Å². The summed E-state index contributed by atoms with van der Waals surface area (Å²) in [5.74, 6) is 1.23. The molecule has 82 valence electrons. The third-order valence-corrected chi connectivity index (χ3v) is 2.95. The Balaban J connectivity index is 2.01. The van der Waals surface area contributed by atoms with Gasteiger partial charge in [0.15, 0.2) is 0 Å². The van der Waals surface area contributed by atoms with E-state index >= 15 is 0 Å². The summed E-state index contributed by atoms with van der Waals surface area (Å²) < 4.78 is 12.4. The van der Waals surface area contributed by atoms with Gasteiger partial charge in [-0.1, -0.05) is 0 Å². The monoisotopic (exact) mass is 209 g/mol. The average Bonchev–Trinajstić information content (AvgIpc) is 2.29. The van der Waals surface area contributed by atoms with Crippen LogP contribution in [-0.4, -0.2) is 29.7 Å². The van der Waals surface area contributed by atoms with Crippen molar-refractivity contribution in [2.75, 3.05) is 24.7 Å². The van der Waals surface area contributed by atoms with E-state index in [-0.39, 0.29) is 12.6 Å². The maximum absolute atomic E-state index is 12.4. The van der Waals surface area contributed by atoms with Gasteiger partial charge in [-0.15, -0.1) is 0 Å². The summed E-state index contributed by atoms with van der Waals surface area (Å²) in [4.78, 5) is 10.5. The molecule has 0 atom stereocenters. The quantitative estimate of drug-likeness (QED) is 0.745. The van der Waals surface area contributed by atoms with E-state index in [0.717, 1.165) is 37.4 Å². The molecule has 1 aliphatic rings. The van der Waals surface area contributed by atoms with Crippen LogP contribution in [0, 0.1) is 12.8 Å². The number of hydrogen-bond acceptors (Lipinski definition) is 3. The van der Waals surface area contributed by atoms with E-state index in [9.17, 15) is 4.39 Å². The minimum absolute atomic E-state index is 0.184. The molecular formula is C11H16FN3. The summed E-state index contributed by atoms with van der Waals surface area (Å²) >= 11 is 0. The third-order valence-electron chi connectivity index (χ3n) is 2.95. The molecule has 0 radical (unpaired) electrons. The van der Waals surface area contributed by atoms with Crippen molar-refractivity contribution < 1.29 is 4.39 Å². The van der Waals surface area contributed by atoms with E-state index in [0.29, 0.717) is 0 Å². The van der Waals surface area contributed by atoms with Gasteiger partial charge in [0.05, 0.1) is 6.67 Å². The molecular weight excluding hydrogens is 193 g/mol. The van der Waals surface area contributed by atoms with Crippen molar-refractivity contribution in [3.05, 3.63) is 18.1 Å². The van der Waals surface area contributed by atoms with Crippen molar-refractivity contribution in [2.45, 2.75) is 19.8 Å². The Labute approximate surface area is 89.3 Å². The Hall–Kier alpha value is -1.19. The number of nitrogens with zero attached hydrogens (tertiary/aromatic N) is 3. The first-order chi connectivity index (χ1) is 7.29. The van der Waals surface area contributed by atoms with Crippen LogP contribution >= 0.6 is 0 Å². The van der Waals surface area contributed by atoms with Crippen LogP contribution in [0.5, 0.6) is 0 Å². The van der Waals surface area contributed by atoms with E-state index in [1.54, 1.807) is 6.33 Å². The molecule has 1 saturated heterocycles. The third kappa shape index (κ3) is 2.43. The van der Waals surface area contributed by atoms with Crippen molar-refractivity contribution in [3.63, 3.8) is 0 Å². The number of rotatable bonds is 2. The molecule has 0 spiro atoms. The van der Waals surface area contributed by atoms with Crippen molar-refractivity contribution >= 4 is 5.82 Å². The maximum atomic E-state index is 12.4. The average molecular weight is 209 g/mol. The predicted molar refractivity (Wildman–Crippen MR) is 57.7 cm³/mol. The number of anilines is 1. The van der Waals surface area contributed by atoms with E-state index in [1.807, 2.05) is 13.0 Å². The van der Waals surface area contributed by atoms with Crippen LogP contribution in [0.15, 0.2) is 12.4 Å². The first kappa shape index (κ1) is 10.3. The lowest BCUT2D eigenvalue weighted by molar-refractivity contribution is 0.307. The molecule has 3 nitrogen and oxygen atoms in total. The highest BCUT2D eigenvalue weighted by Crippen LogP contribution is 2.21. The molecule has 4 heteroatoms. The normalized spacial score (nSPS) is 18.1. The summed E-state index contributed by atoms with van der Waals surface area (Å²) in [7, 11) is 0. The van der Waals surface area contributed by atoms with Crippen LogP contribution in [0.1, 0.15) is 18.5 Å². The zero-order valence-electron chi connectivity index (χ0n) is 8.99. The summed E-state index contributed by atoms with van der Waals surface area (Å²) in [6, 6.07) is 1.98. The minimum Gasteiger partial charge on any atom is -0.356 e. The van der Waals surface area contributed by atoms with E-state index in [2.05, 4.69) is 14.9 Å². The number of halogens is 1. The van der Waals surface area contributed by atoms with Gasteiger partial charge in [-0.25, -0.2) is 9.97 Å². The molecule has 15 heavy (non-hydrogen) atoms. The molecule has 1 aromatic rings. The number of hydrogen-bond donors (Lipinski definition) is 0. The molecule has 1 aliphatic heterocycles. The molecule has 0 aliphatic carbocycles. The second-order valence-electron chi connectivity index (χ2n) is 4.10. The second-order valence-corrected chi connectivity index (χ2v) is 4.10. The highest BCUT2D eigenvalue weighted by Gasteiger charge is 2.19. The molecule has 0 saturated carbocycles. The molecule has 0 amide bonds. The van der Waals surface area contributed by atoms with Crippen LogP contribution in [0.2, 0.25) is 0 Å². The van der Waals surface area contributed by atoms with E-state index < -0.39 is 0 Å². The number of aromatic nitrogens is 2. The molecule has 2 rings (SSSR count). The molecule has 2 heterocycles. The first-order valence-corrected chi connectivity index (χ1v) is 5.39.